The standard InChI is InChI=1S/C12H16N2O3/c1-3-5-17-6-4-13-12(16)10-8-14-9(2)7-11(10)15/h3,7-8H,1,4-6H2,2H3,(H,13,16)(H,14,15). The van der Waals surface area contributed by atoms with Gasteiger partial charge in [-0.05, 0) is 6.92 Å². The molecule has 5 nitrogen and oxygen atoms in total. The van der Waals surface area contributed by atoms with Gasteiger partial charge in [-0.1, -0.05) is 6.08 Å². The van der Waals surface area contributed by atoms with Crippen LogP contribution < -0.4 is 10.7 Å². The lowest BCUT2D eigenvalue weighted by molar-refractivity contribution is 0.0927. The zero-order valence-electron chi connectivity index (χ0n) is 9.79. The van der Waals surface area contributed by atoms with Crippen molar-refractivity contribution >= 4 is 5.91 Å². The van der Waals surface area contributed by atoms with Gasteiger partial charge in [0.25, 0.3) is 5.91 Å². The van der Waals surface area contributed by atoms with Crippen molar-refractivity contribution in [3.8, 4) is 0 Å². The van der Waals surface area contributed by atoms with E-state index in [1.165, 1.54) is 12.3 Å². The summed E-state index contributed by atoms with van der Waals surface area (Å²) in [4.78, 5) is 25.9. The molecule has 1 aromatic rings. The van der Waals surface area contributed by atoms with E-state index in [0.29, 0.717) is 19.8 Å². The monoisotopic (exact) mass is 236 g/mol. The van der Waals surface area contributed by atoms with E-state index in [1.54, 1.807) is 13.0 Å². The van der Waals surface area contributed by atoms with E-state index in [-0.39, 0.29) is 11.0 Å². The van der Waals surface area contributed by atoms with Crippen molar-refractivity contribution in [2.45, 2.75) is 6.92 Å². The second-order valence-electron chi connectivity index (χ2n) is 3.51. The van der Waals surface area contributed by atoms with Gasteiger partial charge in [-0.15, -0.1) is 6.58 Å². The van der Waals surface area contributed by atoms with E-state index < -0.39 is 5.91 Å². The molecule has 0 aromatic carbocycles. The number of pyridine rings is 1. The summed E-state index contributed by atoms with van der Waals surface area (Å²) in [5, 5.41) is 2.60. The van der Waals surface area contributed by atoms with E-state index in [1.807, 2.05) is 0 Å². The van der Waals surface area contributed by atoms with Gasteiger partial charge in [0.2, 0.25) is 0 Å². The second kappa shape index (κ2) is 6.65. The third kappa shape index (κ3) is 4.24. The van der Waals surface area contributed by atoms with Crippen LogP contribution in [-0.2, 0) is 4.74 Å². The first kappa shape index (κ1) is 13.2. The van der Waals surface area contributed by atoms with E-state index in [2.05, 4.69) is 16.9 Å². The Balaban J connectivity index is 2.47. The molecule has 0 unspecified atom stereocenters. The number of H-pyrrole nitrogens is 1. The van der Waals surface area contributed by atoms with Gasteiger partial charge in [0.05, 0.1) is 13.2 Å². The molecule has 1 heterocycles. The van der Waals surface area contributed by atoms with Gasteiger partial charge >= 0.3 is 0 Å². The average Bonchev–Trinajstić information content (AvgIpc) is 2.28. The number of carbonyl (C=O) groups excluding carboxylic acids is 1. The Bertz CT molecular complexity index is 451. The first-order valence-electron chi connectivity index (χ1n) is 5.31. The van der Waals surface area contributed by atoms with Gasteiger partial charge in [-0.2, -0.15) is 0 Å². The number of carbonyl (C=O) groups is 1. The van der Waals surface area contributed by atoms with Crippen molar-refractivity contribution in [2.24, 2.45) is 0 Å². The van der Waals surface area contributed by atoms with Crippen LogP contribution in [0.4, 0.5) is 0 Å². The lowest BCUT2D eigenvalue weighted by atomic mass is 10.2. The molecule has 1 rings (SSSR count). The number of aromatic amines is 1. The Kier molecular flexibility index (Phi) is 5.16. The highest BCUT2D eigenvalue weighted by Crippen LogP contribution is 1.91. The summed E-state index contributed by atoms with van der Waals surface area (Å²) in [6.45, 7) is 6.46. The number of aryl methyl sites for hydroxylation is 1. The van der Waals surface area contributed by atoms with Crippen molar-refractivity contribution in [2.75, 3.05) is 19.8 Å². The third-order valence-electron chi connectivity index (χ3n) is 2.07. The molecule has 92 valence electrons. The number of rotatable bonds is 6. The van der Waals surface area contributed by atoms with Crippen molar-refractivity contribution < 1.29 is 9.53 Å². The van der Waals surface area contributed by atoms with Crippen molar-refractivity contribution in [3.63, 3.8) is 0 Å². The van der Waals surface area contributed by atoms with Crippen LogP contribution in [0.15, 0.2) is 29.7 Å². The molecule has 5 heteroatoms. The number of hydrogen-bond acceptors (Lipinski definition) is 3. The summed E-state index contributed by atoms with van der Waals surface area (Å²) in [5.74, 6) is -0.395. The molecule has 0 radical (unpaired) electrons. The average molecular weight is 236 g/mol. The quantitative estimate of drug-likeness (QED) is 0.561. The summed E-state index contributed by atoms with van der Waals surface area (Å²) >= 11 is 0. The highest BCUT2D eigenvalue weighted by atomic mass is 16.5. The topological polar surface area (TPSA) is 71.2 Å². The molecule has 17 heavy (non-hydrogen) atoms. The highest BCUT2D eigenvalue weighted by molar-refractivity contribution is 5.93. The molecule has 0 atom stereocenters. The molecule has 0 aliphatic heterocycles. The summed E-state index contributed by atoms with van der Waals surface area (Å²) < 4.78 is 5.10. The molecule has 2 N–H and O–H groups in total. The Hall–Kier alpha value is -1.88. The van der Waals surface area contributed by atoms with Crippen molar-refractivity contribution in [1.29, 1.82) is 0 Å². The maximum absolute atomic E-state index is 11.6. The number of aromatic nitrogens is 1. The summed E-state index contributed by atoms with van der Waals surface area (Å²) in [7, 11) is 0. The largest absolute Gasteiger partial charge is 0.376 e. The minimum absolute atomic E-state index is 0.110. The van der Waals surface area contributed by atoms with Gasteiger partial charge in [-0.3, -0.25) is 9.59 Å². The van der Waals surface area contributed by atoms with Gasteiger partial charge in [0.1, 0.15) is 5.56 Å². The Morgan fingerprint density at radius 1 is 1.65 bits per heavy atom. The minimum Gasteiger partial charge on any atom is -0.376 e. The zero-order chi connectivity index (χ0) is 12.7. The lowest BCUT2D eigenvalue weighted by Gasteiger charge is -2.05. The SMILES string of the molecule is C=CCOCCNC(=O)c1c[nH]c(C)cc1=O. The van der Waals surface area contributed by atoms with Crippen LogP contribution >= 0.6 is 0 Å². The fourth-order valence-corrected chi connectivity index (χ4v) is 1.25. The minimum atomic E-state index is -0.395. The third-order valence-corrected chi connectivity index (χ3v) is 2.07. The first-order chi connectivity index (χ1) is 8.15. The zero-order valence-corrected chi connectivity index (χ0v) is 9.79. The molecule has 0 aliphatic rings. The van der Waals surface area contributed by atoms with Gasteiger partial charge in [0, 0.05) is 24.5 Å². The summed E-state index contributed by atoms with van der Waals surface area (Å²) in [6, 6.07) is 1.39. The molecule has 1 amide bonds. The van der Waals surface area contributed by atoms with E-state index >= 15 is 0 Å². The Morgan fingerprint density at radius 3 is 3.06 bits per heavy atom. The first-order valence-corrected chi connectivity index (χ1v) is 5.31. The summed E-state index contributed by atoms with van der Waals surface area (Å²) in [5.41, 5.74) is 0.547. The number of ether oxygens (including phenoxy) is 1. The molecule has 0 spiro atoms. The smallest absolute Gasteiger partial charge is 0.256 e. The molecule has 0 saturated heterocycles. The molecular formula is C12H16N2O3. The molecule has 0 aliphatic carbocycles. The fraction of sp³-hybridized carbons (Fsp3) is 0.333. The van der Waals surface area contributed by atoms with Gasteiger partial charge in [0.15, 0.2) is 5.43 Å². The molecular weight excluding hydrogens is 220 g/mol. The normalized spacial score (nSPS) is 9.94. The van der Waals surface area contributed by atoms with Crippen LogP contribution in [0.25, 0.3) is 0 Å². The molecule has 0 saturated carbocycles. The predicted molar refractivity (Wildman–Crippen MR) is 65.1 cm³/mol. The van der Waals surface area contributed by atoms with Gasteiger partial charge in [-0.25, -0.2) is 0 Å². The van der Waals surface area contributed by atoms with Crippen LogP contribution in [0.3, 0.4) is 0 Å². The van der Waals surface area contributed by atoms with E-state index in [4.69, 9.17) is 4.74 Å². The molecule has 0 fully saturated rings. The number of nitrogens with one attached hydrogen (secondary N) is 2. The second-order valence-corrected chi connectivity index (χ2v) is 3.51. The van der Waals surface area contributed by atoms with Crippen LogP contribution in [0.1, 0.15) is 16.1 Å². The molecule has 1 aromatic heterocycles. The van der Waals surface area contributed by atoms with Crippen LogP contribution in [0, 0.1) is 6.92 Å². The van der Waals surface area contributed by atoms with Gasteiger partial charge < -0.3 is 15.0 Å². The Morgan fingerprint density at radius 2 is 2.41 bits per heavy atom. The maximum atomic E-state index is 11.6. The highest BCUT2D eigenvalue weighted by Gasteiger charge is 2.08. The van der Waals surface area contributed by atoms with E-state index in [0.717, 1.165) is 5.69 Å². The van der Waals surface area contributed by atoms with Crippen LogP contribution in [0.2, 0.25) is 0 Å². The van der Waals surface area contributed by atoms with Crippen molar-refractivity contribution in [1.82, 2.24) is 10.3 Å². The number of amides is 1. The predicted octanol–water partition coefficient (Wildman–Crippen LogP) is 0.616. The van der Waals surface area contributed by atoms with Crippen molar-refractivity contribution in [3.05, 3.63) is 46.4 Å². The Labute approximate surface area is 99.5 Å². The van der Waals surface area contributed by atoms with Crippen LogP contribution in [-0.4, -0.2) is 30.6 Å². The van der Waals surface area contributed by atoms with Crippen LogP contribution in [0.5, 0.6) is 0 Å². The van der Waals surface area contributed by atoms with E-state index in [9.17, 15) is 9.59 Å². The maximum Gasteiger partial charge on any atom is 0.256 e. The number of hydrogen-bond donors (Lipinski definition) is 2. The lowest BCUT2D eigenvalue weighted by Crippen LogP contribution is -2.31. The fourth-order valence-electron chi connectivity index (χ4n) is 1.25. The summed E-state index contributed by atoms with van der Waals surface area (Å²) in [6.07, 6.45) is 3.05. The molecule has 0 bridgehead atoms.